The zero-order valence-electron chi connectivity index (χ0n) is 16.5. The Balaban J connectivity index is 1.53. The highest BCUT2D eigenvalue weighted by Gasteiger charge is 2.45. The van der Waals surface area contributed by atoms with Crippen LogP contribution in [0.1, 0.15) is 49.8 Å². The first-order valence-corrected chi connectivity index (χ1v) is 10.7. The summed E-state index contributed by atoms with van der Waals surface area (Å²) < 4.78 is 25.9. The maximum atomic E-state index is 14.2. The fourth-order valence-corrected chi connectivity index (χ4v) is 5.43. The molecule has 3 aliphatic rings. The van der Waals surface area contributed by atoms with Crippen LogP contribution in [0.15, 0.2) is 36.4 Å². The number of anilines is 1. The first-order chi connectivity index (χ1) is 14.1. The first kappa shape index (κ1) is 18.7. The molecule has 1 aliphatic carbocycles. The Morgan fingerprint density at radius 3 is 2.55 bits per heavy atom. The van der Waals surface area contributed by atoms with Crippen molar-refractivity contribution in [1.29, 1.82) is 0 Å². The minimum absolute atomic E-state index is 0.0542. The fraction of sp³-hybridized carbons (Fsp3) is 0.435. The molecule has 0 bridgehead atoms. The predicted molar refractivity (Wildman–Crippen MR) is 115 cm³/mol. The minimum Gasteiger partial charge on any atom is -0.486 e. The molecule has 0 saturated heterocycles. The Morgan fingerprint density at radius 2 is 1.83 bits per heavy atom. The van der Waals surface area contributed by atoms with Crippen LogP contribution in [0.25, 0.3) is 0 Å². The van der Waals surface area contributed by atoms with Crippen LogP contribution in [0.2, 0.25) is 0 Å². The molecular formula is C23H25FN2O2S. The third-order valence-corrected chi connectivity index (χ3v) is 6.95. The summed E-state index contributed by atoms with van der Waals surface area (Å²) in [6, 6.07) is 11.1. The van der Waals surface area contributed by atoms with E-state index in [0.717, 1.165) is 30.9 Å². The number of rotatable bonds is 1. The molecule has 1 atom stereocenters. The number of para-hydroxylation sites is 1. The second kappa shape index (κ2) is 7.17. The van der Waals surface area contributed by atoms with Gasteiger partial charge in [-0.1, -0.05) is 25.0 Å². The van der Waals surface area contributed by atoms with Crippen molar-refractivity contribution in [2.24, 2.45) is 0 Å². The number of hydrogen-bond acceptors (Lipinski definition) is 3. The van der Waals surface area contributed by atoms with Gasteiger partial charge in [0.2, 0.25) is 0 Å². The summed E-state index contributed by atoms with van der Waals surface area (Å²) in [5.41, 5.74) is 3.08. The fourth-order valence-electron chi connectivity index (χ4n) is 5.10. The molecule has 1 unspecified atom stereocenters. The van der Waals surface area contributed by atoms with Crippen LogP contribution in [0.4, 0.5) is 10.1 Å². The number of halogens is 1. The van der Waals surface area contributed by atoms with Gasteiger partial charge in [0.15, 0.2) is 16.6 Å². The van der Waals surface area contributed by atoms with Gasteiger partial charge in [-0.2, -0.15) is 0 Å². The van der Waals surface area contributed by atoms with Crippen molar-refractivity contribution < 1.29 is 13.9 Å². The van der Waals surface area contributed by atoms with Gasteiger partial charge >= 0.3 is 0 Å². The van der Waals surface area contributed by atoms with Crippen molar-refractivity contribution in [1.82, 2.24) is 4.90 Å². The summed E-state index contributed by atoms with van der Waals surface area (Å²) in [4.78, 5) is 2.21. The molecule has 1 N–H and O–H groups in total. The zero-order valence-corrected chi connectivity index (χ0v) is 17.4. The van der Waals surface area contributed by atoms with Gasteiger partial charge in [-0.05, 0) is 67.4 Å². The van der Waals surface area contributed by atoms with Crippen LogP contribution in [-0.2, 0) is 5.41 Å². The lowest BCUT2D eigenvalue weighted by Gasteiger charge is -2.47. The second-order valence-corrected chi connectivity index (χ2v) is 8.67. The quantitative estimate of drug-likeness (QED) is 0.653. The van der Waals surface area contributed by atoms with Crippen LogP contribution < -0.4 is 14.8 Å². The first-order valence-electron chi connectivity index (χ1n) is 10.3. The summed E-state index contributed by atoms with van der Waals surface area (Å²) in [6.45, 7) is 4.16. The van der Waals surface area contributed by atoms with Crippen molar-refractivity contribution in [3.8, 4) is 11.5 Å². The summed E-state index contributed by atoms with van der Waals surface area (Å²) in [6.07, 6.45) is 4.68. The lowest BCUT2D eigenvalue weighted by molar-refractivity contribution is 0.167. The Bertz CT molecular complexity index is 958. The van der Waals surface area contributed by atoms with E-state index >= 15 is 0 Å². The lowest BCUT2D eigenvalue weighted by Crippen LogP contribution is -2.50. The smallest absolute Gasteiger partial charge is 0.174 e. The standard InChI is InChI=1S/C23H25FN2O2S/c1-15-16-12-20-21(28-11-10-27-20)13-17(16)23(8-4-5-9-23)14-26(15)22(29)25-19-7-3-2-6-18(19)24/h2-3,6-7,12-13,15H,4-5,8-11,14H2,1H3,(H,25,29). The van der Waals surface area contributed by atoms with E-state index < -0.39 is 0 Å². The van der Waals surface area contributed by atoms with Crippen molar-refractivity contribution in [3.63, 3.8) is 0 Å². The Hall–Kier alpha value is -2.34. The van der Waals surface area contributed by atoms with Gasteiger partial charge in [-0.15, -0.1) is 0 Å². The molecule has 5 rings (SSSR count). The highest BCUT2D eigenvalue weighted by molar-refractivity contribution is 7.80. The van der Waals surface area contributed by atoms with Gasteiger partial charge < -0.3 is 19.7 Å². The monoisotopic (exact) mass is 412 g/mol. The SMILES string of the molecule is CC1c2cc3c(cc2C2(CCCC2)CN1C(=S)Nc1ccccc1F)OCCO3. The highest BCUT2D eigenvalue weighted by Crippen LogP contribution is 2.52. The van der Waals surface area contributed by atoms with E-state index in [1.807, 2.05) is 6.07 Å². The third kappa shape index (κ3) is 3.14. The molecule has 1 spiro atoms. The second-order valence-electron chi connectivity index (χ2n) is 8.28. The normalized spacial score (nSPS) is 21.7. The minimum atomic E-state index is -0.296. The molecule has 152 valence electrons. The summed E-state index contributed by atoms with van der Waals surface area (Å²) >= 11 is 5.75. The maximum Gasteiger partial charge on any atom is 0.174 e. The number of nitrogens with zero attached hydrogens (tertiary/aromatic N) is 1. The third-order valence-electron chi connectivity index (χ3n) is 6.61. The van der Waals surface area contributed by atoms with Crippen LogP contribution in [0, 0.1) is 5.82 Å². The van der Waals surface area contributed by atoms with Crippen molar-refractivity contribution in [2.45, 2.75) is 44.1 Å². The van der Waals surface area contributed by atoms with E-state index in [2.05, 4.69) is 29.3 Å². The molecule has 1 fully saturated rings. The zero-order chi connectivity index (χ0) is 20.0. The number of nitrogens with one attached hydrogen (secondary N) is 1. The number of ether oxygens (including phenoxy) is 2. The molecule has 2 heterocycles. The number of fused-ring (bicyclic) bond motifs is 3. The average Bonchev–Trinajstić information content (AvgIpc) is 3.21. The molecule has 2 aromatic rings. The van der Waals surface area contributed by atoms with Crippen molar-refractivity contribution >= 4 is 23.0 Å². The van der Waals surface area contributed by atoms with Gasteiger partial charge in [0.05, 0.1) is 11.7 Å². The molecule has 1 saturated carbocycles. The largest absolute Gasteiger partial charge is 0.486 e. The Kier molecular flexibility index (Phi) is 4.62. The molecule has 0 amide bonds. The van der Waals surface area contributed by atoms with Crippen molar-refractivity contribution in [2.75, 3.05) is 25.1 Å². The van der Waals surface area contributed by atoms with E-state index in [1.54, 1.807) is 12.1 Å². The molecule has 0 aromatic heterocycles. The molecule has 4 nitrogen and oxygen atoms in total. The maximum absolute atomic E-state index is 14.2. The molecule has 0 radical (unpaired) electrons. The highest BCUT2D eigenvalue weighted by atomic mass is 32.1. The molecule has 6 heteroatoms. The van der Waals surface area contributed by atoms with Gasteiger partial charge in [0.1, 0.15) is 19.0 Å². The number of thiocarbonyl (C=S) groups is 1. The van der Waals surface area contributed by atoms with E-state index in [-0.39, 0.29) is 17.3 Å². The van der Waals surface area contributed by atoms with E-state index in [1.165, 1.54) is 30.0 Å². The Labute approximate surface area is 176 Å². The van der Waals surface area contributed by atoms with Crippen LogP contribution in [0.3, 0.4) is 0 Å². The van der Waals surface area contributed by atoms with Crippen molar-refractivity contribution in [3.05, 3.63) is 53.3 Å². The number of benzene rings is 2. The van der Waals surface area contributed by atoms with Gasteiger partial charge in [0, 0.05) is 12.0 Å². The van der Waals surface area contributed by atoms with Crippen LogP contribution >= 0.6 is 12.2 Å². The summed E-state index contributed by atoms with van der Waals surface area (Å²) in [7, 11) is 0. The Morgan fingerprint density at radius 1 is 1.14 bits per heavy atom. The van der Waals surface area contributed by atoms with Crippen LogP contribution in [-0.4, -0.2) is 29.8 Å². The molecular weight excluding hydrogens is 387 g/mol. The van der Waals surface area contributed by atoms with E-state index in [4.69, 9.17) is 21.7 Å². The van der Waals surface area contributed by atoms with E-state index in [9.17, 15) is 4.39 Å². The van der Waals surface area contributed by atoms with Crippen LogP contribution in [0.5, 0.6) is 11.5 Å². The average molecular weight is 413 g/mol. The summed E-state index contributed by atoms with van der Waals surface area (Å²) in [5.74, 6) is 1.37. The molecule has 2 aliphatic heterocycles. The van der Waals surface area contributed by atoms with Gasteiger partial charge in [0.25, 0.3) is 0 Å². The van der Waals surface area contributed by atoms with Gasteiger partial charge in [-0.3, -0.25) is 0 Å². The van der Waals surface area contributed by atoms with Gasteiger partial charge in [-0.25, -0.2) is 4.39 Å². The molecule has 29 heavy (non-hydrogen) atoms. The predicted octanol–water partition coefficient (Wildman–Crippen LogP) is 5.18. The lowest BCUT2D eigenvalue weighted by atomic mass is 9.71. The summed E-state index contributed by atoms with van der Waals surface area (Å²) in [5, 5.41) is 3.70. The molecule has 2 aromatic carbocycles. The van der Waals surface area contributed by atoms with E-state index in [0.29, 0.717) is 24.0 Å². The topological polar surface area (TPSA) is 33.7 Å². The number of hydrogen-bond donors (Lipinski definition) is 1.